The number of rotatable bonds is 2. The van der Waals surface area contributed by atoms with Gasteiger partial charge >= 0.3 is 0 Å². The molecule has 0 N–H and O–H groups in total. The van der Waals surface area contributed by atoms with Gasteiger partial charge in [-0.15, -0.1) is 0 Å². The Morgan fingerprint density at radius 1 is 1.14 bits per heavy atom. The van der Waals surface area contributed by atoms with Gasteiger partial charge in [-0.3, -0.25) is 4.79 Å². The lowest BCUT2D eigenvalue weighted by Crippen LogP contribution is -1.86. The van der Waals surface area contributed by atoms with Gasteiger partial charge in [0.1, 0.15) is 0 Å². The fraction of sp³-hybridized carbons (Fsp3) is 0.250. The third-order valence-electron chi connectivity index (χ3n) is 2.40. The summed E-state index contributed by atoms with van der Waals surface area (Å²) in [5, 5.41) is 0.755. The zero-order chi connectivity index (χ0) is 9.97. The van der Waals surface area contributed by atoms with Gasteiger partial charge in [0.05, 0.1) is 0 Å². The van der Waals surface area contributed by atoms with Gasteiger partial charge in [-0.05, 0) is 36.6 Å². The average Bonchev–Trinajstić information content (AvgIpc) is 2.56. The van der Waals surface area contributed by atoms with E-state index in [1.807, 2.05) is 24.3 Å². The highest BCUT2D eigenvalue weighted by molar-refractivity contribution is 6.30. The summed E-state index contributed by atoms with van der Waals surface area (Å²) in [6.07, 6.45) is 4.25. The highest BCUT2D eigenvalue weighted by Gasteiger charge is 2.11. The van der Waals surface area contributed by atoms with E-state index < -0.39 is 0 Å². The molecule has 1 nitrogen and oxygen atoms in total. The van der Waals surface area contributed by atoms with E-state index in [1.54, 1.807) is 6.08 Å². The molecule has 0 aliphatic heterocycles. The Hall–Kier alpha value is -1.08. The lowest BCUT2D eigenvalue weighted by molar-refractivity contribution is -0.114. The summed E-state index contributed by atoms with van der Waals surface area (Å²) in [5.41, 5.74) is 2.45. The van der Waals surface area contributed by atoms with Gasteiger partial charge in [0.25, 0.3) is 0 Å². The Balaban J connectivity index is 2.08. The molecule has 0 spiro atoms. The maximum absolute atomic E-state index is 11.0. The molecule has 0 radical (unpaired) electrons. The maximum Gasteiger partial charge on any atom is 0.155 e. The van der Waals surface area contributed by atoms with E-state index in [0.717, 1.165) is 17.9 Å². The molecule has 0 bridgehead atoms. The molecular formula is C12H11ClO. The molecule has 0 aromatic heterocycles. The van der Waals surface area contributed by atoms with Gasteiger partial charge in [0, 0.05) is 11.4 Å². The van der Waals surface area contributed by atoms with Crippen molar-refractivity contribution in [3.63, 3.8) is 0 Å². The van der Waals surface area contributed by atoms with Crippen molar-refractivity contribution < 1.29 is 4.79 Å². The molecule has 1 aromatic rings. The predicted octanol–water partition coefficient (Wildman–Crippen LogP) is 3.17. The minimum Gasteiger partial charge on any atom is -0.295 e. The molecule has 0 heterocycles. The van der Waals surface area contributed by atoms with Crippen LogP contribution < -0.4 is 0 Å². The smallest absolute Gasteiger partial charge is 0.155 e. The van der Waals surface area contributed by atoms with Crippen LogP contribution in [-0.2, 0) is 11.2 Å². The quantitative estimate of drug-likeness (QED) is 0.727. The molecular weight excluding hydrogens is 196 g/mol. The highest BCUT2D eigenvalue weighted by Crippen LogP contribution is 2.20. The molecule has 0 atom stereocenters. The first-order valence-corrected chi connectivity index (χ1v) is 5.08. The standard InChI is InChI=1S/C12H11ClO/c13-11-4-1-9(2-5-11)7-10-3-6-12(14)8-10/h1-2,4-5,8H,3,6-7H2. The van der Waals surface area contributed by atoms with Gasteiger partial charge in [0.2, 0.25) is 0 Å². The van der Waals surface area contributed by atoms with E-state index in [0.29, 0.717) is 6.42 Å². The maximum atomic E-state index is 11.0. The normalized spacial score (nSPS) is 15.8. The SMILES string of the molecule is O=C1C=C(Cc2ccc(Cl)cc2)CC1. The van der Waals surface area contributed by atoms with Crippen molar-refractivity contribution in [2.24, 2.45) is 0 Å². The predicted molar refractivity (Wildman–Crippen MR) is 57.5 cm³/mol. The minimum atomic E-state index is 0.258. The Morgan fingerprint density at radius 2 is 1.86 bits per heavy atom. The molecule has 0 unspecified atom stereocenters. The Kier molecular flexibility index (Phi) is 2.69. The molecule has 14 heavy (non-hydrogen) atoms. The van der Waals surface area contributed by atoms with Crippen LogP contribution in [0.5, 0.6) is 0 Å². The van der Waals surface area contributed by atoms with Crippen LogP contribution >= 0.6 is 11.6 Å². The molecule has 1 aliphatic rings. The number of halogens is 1. The number of benzene rings is 1. The number of carbonyl (C=O) groups excluding carboxylic acids is 1. The van der Waals surface area contributed by atoms with Crippen LogP contribution in [0.3, 0.4) is 0 Å². The van der Waals surface area contributed by atoms with Crippen molar-refractivity contribution in [3.05, 3.63) is 46.5 Å². The Morgan fingerprint density at radius 3 is 2.43 bits per heavy atom. The summed E-state index contributed by atoms with van der Waals surface area (Å²) >= 11 is 5.78. The number of carbonyl (C=O) groups is 1. The van der Waals surface area contributed by atoms with E-state index in [9.17, 15) is 4.79 Å². The van der Waals surface area contributed by atoms with Crippen molar-refractivity contribution >= 4 is 17.4 Å². The fourth-order valence-corrected chi connectivity index (χ4v) is 1.79. The molecule has 2 rings (SSSR count). The zero-order valence-corrected chi connectivity index (χ0v) is 8.55. The van der Waals surface area contributed by atoms with Crippen molar-refractivity contribution in [1.29, 1.82) is 0 Å². The molecule has 72 valence electrons. The molecule has 0 amide bonds. The number of allylic oxidation sites excluding steroid dienone is 2. The third kappa shape index (κ3) is 2.24. The van der Waals surface area contributed by atoms with Crippen LogP contribution in [0.1, 0.15) is 18.4 Å². The first kappa shape index (κ1) is 9.47. The fourth-order valence-electron chi connectivity index (χ4n) is 1.66. The number of hydrogen-bond donors (Lipinski definition) is 0. The summed E-state index contributed by atoms with van der Waals surface area (Å²) in [5.74, 6) is 0.258. The number of ketones is 1. The Labute approximate surface area is 88.4 Å². The van der Waals surface area contributed by atoms with Crippen LogP contribution in [0, 0.1) is 0 Å². The van der Waals surface area contributed by atoms with Crippen LogP contribution in [0.2, 0.25) is 5.02 Å². The van der Waals surface area contributed by atoms with Gasteiger partial charge in [0.15, 0.2) is 5.78 Å². The van der Waals surface area contributed by atoms with E-state index in [4.69, 9.17) is 11.6 Å². The highest BCUT2D eigenvalue weighted by atomic mass is 35.5. The summed E-state index contributed by atoms with van der Waals surface area (Å²) < 4.78 is 0. The number of hydrogen-bond acceptors (Lipinski definition) is 1. The summed E-state index contributed by atoms with van der Waals surface area (Å²) in [7, 11) is 0. The second-order valence-corrected chi connectivity index (χ2v) is 4.01. The summed E-state index contributed by atoms with van der Waals surface area (Å²) in [6.45, 7) is 0. The second-order valence-electron chi connectivity index (χ2n) is 3.57. The third-order valence-corrected chi connectivity index (χ3v) is 2.65. The van der Waals surface area contributed by atoms with E-state index >= 15 is 0 Å². The first-order chi connectivity index (χ1) is 6.74. The molecule has 1 aromatic carbocycles. The van der Waals surface area contributed by atoms with Gasteiger partial charge in [-0.2, -0.15) is 0 Å². The summed E-state index contributed by atoms with van der Waals surface area (Å²) in [6, 6.07) is 7.78. The van der Waals surface area contributed by atoms with Crippen molar-refractivity contribution in [2.75, 3.05) is 0 Å². The van der Waals surface area contributed by atoms with E-state index in [1.165, 1.54) is 11.1 Å². The molecule has 0 saturated heterocycles. The van der Waals surface area contributed by atoms with Crippen molar-refractivity contribution in [1.82, 2.24) is 0 Å². The lowest BCUT2D eigenvalue weighted by Gasteiger charge is -2.01. The minimum absolute atomic E-state index is 0.258. The van der Waals surface area contributed by atoms with Crippen LogP contribution in [0.4, 0.5) is 0 Å². The Bertz CT molecular complexity index is 376. The monoisotopic (exact) mass is 206 g/mol. The zero-order valence-electron chi connectivity index (χ0n) is 7.79. The lowest BCUT2D eigenvalue weighted by atomic mass is 10.1. The summed E-state index contributed by atoms with van der Waals surface area (Å²) in [4.78, 5) is 11.0. The van der Waals surface area contributed by atoms with Gasteiger partial charge in [-0.25, -0.2) is 0 Å². The van der Waals surface area contributed by atoms with Gasteiger partial charge in [-0.1, -0.05) is 29.3 Å². The van der Waals surface area contributed by atoms with E-state index in [2.05, 4.69) is 0 Å². The van der Waals surface area contributed by atoms with Crippen molar-refractivity contribution in [3.8, 4) is 0 Å². The van der Waals surface area contributed by atoms with Crippen LogP contribution in [0.25, 0.3) is 0 Å². The van der Waals surface area contributed by atoms with Gasteiger partial charge < -0.3 is 0 Å². The van der Waals surface area contributed by atoms with E-state index in [-0.39, 0.29) is 5.78 Å². The van der Waals surface area contributed by atoms with Crippen LogP contribution in [-0.4, -0.2) is 5.78 Å². The van der Waals surface area contributed by atoms with Crippen molar-refractivity contribution in [2.45, 2.75) is 19.3 Å². The molecule has 0 fully saturated rings. The second kappa shape index (κ2) is 3.97. The molecule has 1 aliphatic carbocycles. The van der Waals surface area contributed by atoms with Crippen LogP contribution in [0.15, 0.2) is 35.9 Å². The largest absolute Gasteiger partial charge is 0.295 e. The average molecular weight is 207 g/mol. The molecule has 2 heteroatoms. The topological polar surface area (TPSA) is 17.1 Å². The molecule has 0 saturated carbocycles. The first-order valence-electron chi connectivity index (χ1n) is 4.71.